The Morgan fingerprint density at radius 1 is 1.32 bits per heavy atom. The van der Waals surface area contributed by atoms with Gasteiger partial charge in [0.1, 0.15) is 5.75 Å². The molecule has 0 spiro atoms. The first-order valence-electron chi connectivity index (χ1n) is 7.46. The maximum atomic E-state index is 11.9. The number of nitrogens with one attached hydrogen (secondary N) is 1. The Hall–Kier alpha value is -1.69. The van der Waals surface area contributed by atoms with Crippen molar-refractivity contribution in [2.45, 2.75) is 37.1 Å². The second kappa shape index (κ2) is 8.08. The largest absolute Gasteiger partial charge is 0.494 e. The topological polar surface area (TPSA) is 75.6 Å². The van der Waals surface area contributed by atoms with Gasteiger partial charge in [-0.2, -0.15) is 0 Å². The molecular formula is C16H21NO4S. The molecule has 1 aliphatic rings. The molecule has 1 fully saturated rings. The Bertz CT molecular complexity index is 517. The van der Waals surface area contributed by atoms with Gasteiger partial charge in [-0.15, -0.1) is 11.8 Å². The number of thioether (sulfide) groups is 1. The van der Waals surface area contributed by atoms with Gasteiger partial charge in [0.05, 0.1) is 18.3 Å². The average molecular weight is 323 g/mol. The van der Waals surface area contributed by atoms with Crippen molar-refractivity contribution in [3.8, 4) is 5.75 Å². The van der Waals surface area contributed by atoms with E-state index in [0.717, 1.165) is 17.1 Å². The number of carboxylic acids is 1. The van der Waals surface area contributed by atoms with Crippen molar-refractivity contribution in [1.82, 2.24) is 5.32 Å². The smallest absolute Gasteiger partial charge is 0.306 e. The van der Waals surface area contributed by atoms with Crippen LogP contribution < -0.4 is 10.1 Å². The highest BCUT2D eigenvalue weighted by atomic mass is 32.2. The summed E-state index contributed by atoms with van der Waals surface area (Å²) in [6.45, 7) is 2.57. The number of carbonyl (C=O) groups is 2. The van der Waals surface area contributed by atoms with Crippen molar-refractivity contribution in [2.24, 2.45) is 5.92 Å². The molecule has 0 heterocycles. The molecule has 2 rings (SSSR count). The van der Waals surface area contributed by atoms with E-state index in [9.17, 15) is 9.59 Å². The summed E-state index contributed by atoms with van der Waals surface area (Å²) in [5.74, 6) is 0.0313. The second-order valence-corrected chi connectivity index (χ2v) is 6.35. The molecule has 22 heavy (non-hydrogen) atoms. The Morgan fingerprint density at radius 2 is 2.05 bits per heavy atom. The van der Waals surface area contributed by atoms with Gasteiger partial charge < -0.3 is 15.2 Å². The molecule has 120 valence electrons. The number of rotatable bonds is 7. The van der Waals surface area contributed by atoms with E-state index in [0.29, 0.717) is 25.2 Å². The van der Waals surface area contributed by atoms with Crippen LogP contribution >= 0.6 is 11.8 Å². The van der Waals surface area contributed by atoms with E-state index in [1.165, 1.54) is 11.8 Å². The van der Waals surface area contributed by atoms with Crippen LogP contribution in [0.3, 0.4) is 0 Å². The normalized spacial score (nSPS) is 20.6. The molecule has 1 aliphatic carbocycles. The van der Waals surface area contributed by atoms with Gasteiger partial charge in [-0.25, -0.2) is 0 Å². The predicted molar refractivity (Wildman–Crippen MR) is 85.2 cm³/mol. The van der Waals surface area contributed by atoms with Gasteiger partial charge in [-0.1, -0.05) is 0 Å². The van der Waals surface area contributed by atoms with Crippen LogP contribution in [0.15, 0.2) is 29.2 Å². The first kappa shape index (κ1) is 16.7. The van der Waals surface area contributed by atoms with Crippen molar-refractivity contribution in [2.75, 3.05) is 12.4 Å². The first-order valence-corrected chi connectivity index (χ1v) is 8.45. The van der Waals surface area contributed by atoms with Crippen LogP contribution in [0.25, 0.3) is 0 Å². The summed E-state index contributed by atoms with van der Waals surface area (Å²) >= 11 is 1.46. The fourth-order valence-electron chi connectivity index (χ4n) is 2.55. The number of carbonyl (C=O) groups excluding carboxylic acids is 1. The number of benzene rings is 1. The fraction of sp³-hybridized carbons (Fsp3) is 0.500. The lowest BCUT2D eigenvalue weighted by molar-refractivity contribution is -0.141. The highest BCUT2D eigenvalue weighted by Crippen LogP contribution is 2.26. The third-order valence-electron chi connectivity index (χ3n) is 3.65. The third-order valence-corrected chi connectivity index (χ3v) is 4.66. The van der Waals surface area contributed by atoms with E-state index < -0.39 is 5.97 Å². The Balaban J connectivity index is 1.72. The zero-order valence-electron chi connectivity index (χ0n) is 12.6. The fourth-order valence-corrected chi connectivity index (χ4v) is 3.26. The highest BCUT2D eigenvalue weighted by molar-refractivity contribution is 8.00. The molecule has 0 bridgehead atoms. The number of amides is 1. The minimum absolute atomic E-state index is 0.00506. The van der Waals surface area contributed by atoms with Crippen LogP contribution in [-0.4, -0.2) is 35.4 Å². The van der Waals surface area contributed by atoms with E-state index >= 15 is 0 Å². The van der Waals surface area contributed by atoms with Crippen molar-refractivity contribution < 1.29 is 19.4 Å². The summed E-state index contributed by atoms with van der Waals surface area (Å²) in [5.41, 5.74) is 0. The summed E-state index contributed by atoms with van der Waals surface area (Å²) in [6.07, 6.45) is 1.93. The standard InChI is InChI=1S/C16H21NO4S/c1-2-21-13-5-7-14(8-6-13)22-10-15(18)17-12-4-3-11(9-12)16(19)20/h5-8,11-12H,2-4,9-10H2,1H3,(H,17,18)(H,19,20)/t11-,12+/m0/s1. The minimum Gasteiger partial charge on any atom is -0.494 e. The molecule has 0 saturated heterocycles. The lowest BCUT2D eigenvalue weighted by atomic mass is 10.1. The van der Waals surface area contributed by atoms with Crippen molar-refractivity contribution >= 4 is 23.6 Å². The molecule has 5 nitrogen and oxygen atoms in total. The number of hydrogen-bond donors (Lipinski definition) is 2. The van der Waals surface area contributed by atoms with Crippen LogP contribution in [0.2, 0.25) is 0 Å². The number of carboxylic acid groups (broad SMARTS) is 1. The maximum Gasteiger partial charge on any atom is 0.306 e. The molecule has 0 unspecified atom stereocenters. The maximum absolute atomic E-state index is 11.9. The van der Waals surface area contributed by atoms with E-state index in [-0.39, 0.29) is 17.9 Å². The average Bonchev–Trinajstić information content (AvgIpc) is 2.95. The van der Waals surface area contributed by atoms with Crippen molar-refractivity contribution in [1.29, 1.82) is 0 Å². The molecule has 2 N–H and O–H groups in total. The summed E-state index contributed by atoms with van der Waals surface area (Å²) in [4.78, 5) is 23.8. The molecule has 1 aromatic rings. The van der Waals surface area contributed by atoms with Gasteiger partial charge >= 0.3 is 5.97 Å². The summed E-state index contributed by atoms with van der Waals surface area (Å²) < 4.78 is 5.37. The molecule has 0 radical (unpaired) electrons. The van der Waals surface area contributed by atoms with E-state index in [2.05, 4.69) is 5.32 Å². The number of aliphatic carboxylic acids is 1. The van der Waals surface area contributed by atoms with Crippen LogP contribution in [0.1, 0.15) is 26.2 Å². The van der Waals surface area contributed by atoms with E-state index in [4.69, 9.17) is 9.84 Å². The summed E-state index contributed by atoms with van der Waals surface area (Å²) in [5, 5.41) is 11.9. The molecular weight excluding hydrogens is 302 g/mol. The highest BCUT2D eigenvalue weighted by Gasteiger charge is 2.30. The van der Waals surface area contributed by atoms with Crippen LogP contribution in [0.4, 0.5) is 0 Å². The Kier molecular flexibility index (Phi) is 6.12. The van der Waals surface area contributed by atoms with Gasteiger partial charge in [-0.3, -0.25) is 9.59 Å². The number of hydrogen-bond acceptors (Lipinski definition) is 4. The molecule has 1 amide bonds. The predicted octanol–water partition coefficient (Wildman–Crippen LogP) is 2.55. The zero-order chi connectivity index (χ0) is 15.9. The second-order valence-electron chi connectivity index (χ2n) is 5.31. The lowest BCUT2D eigenvalue weighted by Crippen LogP contribution is -2.34. The molecule has 2 atom stereocenters. The van der Waals surface area contributed by atoms with Gasteiger partial charge in [0.25, 0.3) is 0 Å². The minimum atomic E-state index is -0.763. The lowest BCUT2D eigenvalue weighted by Gasteiger charge is -2.12. The molecule has 1 aromatic carbocycles. The molecule has 0 aliphatic heterocycles. The molecule has 1 saturated carbocycles. The van der Waals surface area contributed by atoms with Crippen LogP contribution in [-0.2, 0) is 9.59 Å². The van der Waals surface area contributed by atoms with Crippen LogP contribution in [0, 0.1) is 5.92 Å². The monoisotopic (exact) mass is 323 g/mol. The Labute approximate surface area is 134 Å². The van der Waals surface area contributed by atoms with E-state index in [1.54, 1.807) is 0 Å². The van der Waals surface area contributed by atoms with Gasteiger partial charge in [-0.05, 0) is 50.5 Å². The van der Waals surface area contributed by atoms with Gasteiger partial charge in [0, 0.05) is 10.9 Å². The summed E-state index contributed by atoms with van der Waals surface area (Å²) in [7, 11) is 0. The van der Waals surface area contributed by atoms with Crippen molar-refractivity contribution in [3.05, 3.63) is 24.3 Å². The molecule has 0 aromatic heterocycles. The van der Waals surface area contributed by atoms with Crippen molar-refractivity contribution in [3.63, 3.8) is 0 Å². The molecule has 6 heteroatoms. The van der Waals surface area contributed by atoms with E-state index in [1.807, 2.05) is 31.2 Å². The quantitative estimate of drug-likeness (QED) is 0.754. The van der Waals surface area contributed by atoms with Crippen LogP contribution in [0.5, 0.6) is 5.75 Å². The van der Waals surface area contributed by atoms with Gasteiger partial charge in [0.15, 0.2) is 0 Å². The zero-order valence-corrected chi connectivity index (χ0v) is 13.4. The number of ether oxygens (including phenoxy) is 1. The Morgan fingerprint density at radius 3 is 2.64 bits per heavy atom. The SMILES string of the molecule is CCOc1ccc(SCC(=O)N[C@@H]2CC[C@H](C(=O)O)C2)cc1. The first-order chi connectivity index (χ1) is 10.6. The van der Waals surface area contributed by atoms with Gasteiger partial charge in [0.2, 0.25) is 5.91 Å². The summed E-state index contributed by atoms with van der Waals surface area (Å²) in [6, 6.07) is 7.63. The third kappa shape index (κ3) is 4.94.